The summed E-state index contributed by atoms with van der Waals surface area (Å²) in [6, 6.07) is 11.9. The number of hydrogen-bond donors (Lipinski definition) is 2. The molecule has 25 heavy (non-hydrogen) atoms. The van der Waals surface area contributed by atoms with Crippen LogP contribution in [-0.2, 0) is 0 Å². The van der Waals surface area contributed by atoms with Gasteiger partial charge in [0, 0.05) is 54.7 Å². The molecule has 0 bridgehead atoms. The third-order valence-electron chi connectivity index (χ3n) is 4.13. The molecule has 128 valence electrons. The molecular formula is C18H18ClN5S. The first-order chi connectivity index (χ1) is 12.3. The van der Waals surface area contributed by atoms with Gasteiger partial charge in [-0.15, -0.1) is 0 Å². The van der Waals surface area contributed by atoms with Crippen LogP contribution < -0.4 is 5.32 Å². The van der Waals surface area contributed by atoms with E-state index in [0.29, 0.717) is 0 Å². The molecule has 1 saturated heterocycles. The smallest absolute Gasteiger partial charge is 0.141 e. The van der Waals surface area contributed by atoms with Gasteiger partial charge in [-0.3, -0.25) is 10.1 Å². The molecule has 0 aliphatic carbocycles. The molecule has 5 nitrogen and oxygen atoms in total. The molecule has 1 fully saturated rings. The first kappa shape index (κ1) is 16.6. The van der Waals surface area contributed by atoms with Crippen molar-refractivity contribution >= 4 is 23.5 Å². The quantitative estimate of drug-likeness (QED) is 0.685. The number of rotatable bonds is 4. The summed E-state index contributed by atoms with van der Waals surface area (Å²) in [7, 11) is 0. The van der Waals surface area contributed by atoms with Gasteiger partial charge in [-0.1, -0.05) is 23.7 Å². The number of nitrogens with zero attached hydrogens (tertiary/aromatic N) is 3. The fourth-order valence-electron chi connectivity index (χ4n) is 2.86. The van der Waals surface area contributed by atoms with Gasteiger partial charge in [-0.25, -0.2) is 4.31 Å². The van der Waals surface area contributed by atoms with Gasteiger partial charge < -0.3 is 5.32 Å². The van der Waals surface area contributed by atoms with Crippen LogP contribution in [0.3, 0.4) is 0 Å². The first-order valence-corrected chi connectivity index (χ1v) is 9.35. The van der Waals surface area contributed by atoms with Gasteiger partial charge in [-0.2, -0.15) is 5.10 Å². The lowest BCUT2D eigenvalue weighted by Gasteiger charge is -2.25. The molecule has 0 saturated carbocycles. The van der Waals surface area contributed by atoms with Crippen molar-refractivity contribution < 1.29 is 0 Å². The van der Waals surface area contributed by atoms with E-state index in [9.17, 15) is 0 Å². The molecule has 1 aliphatic heterocycles. The Morgan fingerprint density at radius 1 is 0.960 bits per heavy atom. The number of piperazine rings is 1. The molecule has 0 atom stereocenters. The Bertz CT molecular complexity index is 828. The molecular weight excluding hydrogens is 354 g/mol. The summed E-state index contributed by atoms with van der Waals surface area (Å²) < 4.78 is 2.35. The van der Waals surface area contributed by atoms with Crippen molar-refractivity contribution in [1.29, 1.82) is 0 Å². The summed E-state index contributed by atoms with van der Waals surface area (Å²) in [5, 5.41) is 12.9. The molecule has 3 aromatic rings. The molecule has 1 aliphatic rings. The zero-order chi connectivity index (χ0) is 17.1. The topological polar surface area (TPSA) is 56.8 Å². The lowest BCUT2D eigenvalue weighted by Crippen LogP contribution is -2.39. The van der Waals surface area contributed by atoms with Crippen LogP contribution in [0.25, 0.3) is 22.4 Å². The molecule has 3 heterocycles. The van der Waals surface area contributed by atoms with E-state index in [-0.39, 0.29) is 0 Å². The molecule has 0 spiro atoms. The van der Waals surface area contributed by atoms with Crippen LogP contribution in [0.2, 0.25) is 5.02 Å². The maximum atomic E-state index is 6.04. The Labute approximate surface area is 155 Å². The van der Waals surface area contributed by atoms with E-state index < -0.39 is 0 Å². The Kier molecular flexibility index (Phi) is 5.03. The monoisotopic (exact) mass is 371 g/mol. The fourth-order valence-corrected chi connectivity index (χ4v) is 3.99. The van der Waals surface area contributed by atoms with Crippen molar-refractivity contribution in [2.75, 3.05) is 26.2 Å². The van der Waals surface area contributed by atoms with Gasteiger partial charge in [-0.05, 0) is 41.8 Å². The van der Waals surface area contributed by atoms with E-state index >= 15 is 0 Å². The highest BCUT2D eigenvalue weighted by Gasteiger charge is 2.20. The Hall–Kier alpha value is -1.86. The van der Waals surface area contributed by atoms with Crippen molar-refractivity contribution in [3.8, 4) is 22.4 Å². The van der Waals surface area contributed by atoms with Crippen LogP contribution >= 0.6 is 23.5 Å². The van der Waals surface area contributed by atoms with Crippen molar-refractivity contribution in [3.05, 3.63) is 53.8 Å². The molecule has 4 rings (SSSR count). The Morgan fingerprint density at radius 2 is 1.68 bits per heavy atom. The third kappa shape index (κ3) is 3.72. The summed E-state index contributed by atoms with van der Waals surface area (Å²) in [5.74, 6) is 0. The molecule has 7 heteroatoms. The van der Waals surface area contributed by atoms with Gasteiger partial charge in [0.05, 0.1) is 5.69 Å². The van der Waals surface area contributed by atoms with Crippen molar-refractivity contribution in [2.24, 2.45) is 0 Å². The standard InChI is InChI=1S/C18H18ClN5S/c19-15-3-1-14(2-4-15)17-16(13-5-7-20-8-6-13)18(23-22-17)25-24-11-9-21-10-12-24/h1-8,21H,9-12H2,(H,22,23). The van der Waals surface area contributed by atoms with E-state index in [1.54, 1.807) is 11.9 Å². The average molecular weight is 372 g/mol. The van der Waals surface area contributed by atoms with Gasteiger partial charge in [0.2, 0.25) is 0 Å². The molecule has 0 amide bonds. The second-order valence-corrected chi connectivity index (χ2v) is 7.31. The minimum absolute atomic E-state index is 0.726. The SMILES string of the molecule is Clc1ccc(-c2[nH]nc(SN3CCNCC3)c2-c2ccncc2)cc1. The lowest BCUT2D eigenvalue weighted by atomic mass is 10.0. The lowest BCUT2D eigenvalue weighted by molar-refractivity contribution is 0.396. The normalized spacial score (nSPS) is 15.4. The number of pyridine rings is 1. The van der Waals surface area contributed by atoms with Crippen molar-refractivity contribution in [2.45, 2.75) is 5.03 Å². The summed E-state index contributed by atoms with van der Waals surface area (Å²) in [4.78, 5) is 4.14. The molecule has 1 aromatic carbocycles. The summed E-state index contributed by atoms with van der Waals surface area (Å²) in [6.07, 6.45) is 3.63. The number of nitrogens with one attached hydrogen (secondary N) is 2. The summed E-state index contributed by atoms with van der Waals surface area (Å²) in [5.41, 5.74) is 4.27. The van der Waals surface area contributed by atoms with Crippen LogP contribution in [0.1, 0.15) is 0 Å². The summed E-state index contributed by atoms with van der Waals surface area (Å²) >= 11 is 7.75. The third-order valence-corrected chi connectivity index (χ3v) is 5.47. The number of hydrogen-bond acceptors (Lipinski definition) is 5. The fraction of sp³-hybridized carbons (Fsp3) is 0.222. The van der Waals surface area contributed by atoms with Crippen LogP contribution in [0.15, 0.2) is 53.8 Å². The number of H-pyrrole nitrogens is 1. The van der Waals surface area contributed by atoms with Crippen LogP contribution in [0.4, 0.5) is 0 Å². The molecule has 0 unspecified atom stereocenters. The van der Waals surface area contributed by atoms with Gasteiger partial charge in [0.15, 0.2) is 0 Å². The number of aromatic nitrogens is 3. The first-order valence-electron chi connectivity index (χ1n) is 8.19. The minimum Gasteiger partial charge on any atom is -0.314 e. The van der Waals surface area contributed by atoms with Gasteiger partial charge in [0.25, 0.3) is 0 Å². The Morgan fingerprint density at radius 3 is 2.40 bits per heavy atom. The zero-order valence-electron chi connectivity index (χ0n) is 13.6. The highest BCUT2D eigenvalue weighted by molar-refractivity contribution is 7.97. The second-order valence-electron chi connectivity index (χ2n) is 5.79. The van der Waals surface area contributed by atoms with Crippen molar-refractivity contribution in [3.63, 3.8) is 0 Å². The van der Waals surface area contributed by atoms with Gasteiger partial charge in [0.1, 0.15) is 5.03 Å². The highest BCUT2D eigenvalue weighted by atomic mass is 35.5. The molecule has 2 N–H and O–H groups in total. The van der Waals surface area contributed by atoms with Crippen molar-refractivity contribution in [1.82, 2.24) is 24.8 Å². The molecule has 2 aromatic heterocycles. The number of aromatic amines is 1. The number of halogens is 1. The van der Waals surface area contributed by atoms with Crippen LogP contribution in [0, 0.1) is 0 Å². The van der Waals surface area contributed by atoms with E-state index in [1.165, 1.54) is 0 Å². The Balaban J connectivity index is 1.75. The largest absolute Gasteiger partial charge is 0.314 e. The second kappa shape index (κ2) is 7.58. The average Bonchev–Trinajstić information content (AvgIpc) is 3.07. The van der Waals surface area contributed by atoms with E-state index in [4.69, 9.17) is 11.6 Å². The van der Waals surface area contributed by atoms with E-state index in [0.717, 1.165) is 58.6 Å². The van der Waals surface area contributed by atoms with Crippen LogP contribution in [-0.4, -0.2) is 45.7 Å². The minimum atomic E-state index is 0.726. The zero-order valence-corrected chi connectivity index (χ0v) is 15.1. The summed E-state index contributed by atoms with van der Waals surface area (Å²) in [6.45, 7) is 4.02. The van der Waals surface area contributed by atoms with E-state index in [2.05, 4.69) is 24.8 Å². The predicted octanol–water partition coefficient (Wildman–Crippen LogP) is 3.70. The molecule has 0 radical (unpaired) electrons. The maximum absolute atomic E-state index is 6.04. The van der Waals surface area contributed by atoms with Crippen LogP contribution in [0.5, 0.6) is 0 Å². The predicted molar refractivity (Wildman–Crippen MR) is 103 cm³/mol. The van der Waals surface area contributed by atoms with E-state index in [1.807, 2.05) is 48.8 Å². The van der Waals surface area contributed by atoms with Gasteiger partial charge >= 0.3 is 0 Å². The number of benzene rings is 1. The maximum Gasteiger partial charge on any atom is 0.141 e. The highest BCUT2D eigenvalue weighted by Crippen LogP contribution is 2.39.